The van der Waals surface area contributed by atoms with Gasteiger partial charge in [-0.05, 0) is 63.3 Å². The highest BCUT2D eigenvalue weighted by Crippen LogP contribution is 2.32. The number of carbonyl (C=O) groups is 2. The Balaban J connectivity index is 1.35. The number of halogens is 1. The Hall–Kier alpha value is -1.80. The van der Waals surface area contributed by atoms with Crippen molar-refractivity contribution in [2.45, 2.75) is 45.1 Å². The number of nitrogens with zero attached hydrogens (tertiary/aromatic N) is 2. The van der Waals surface area contributed by atoms with Crippen LogP contribution in [0.1, 0.15) is 50.6 Å². The van der Waals surface area contributed by atoms with Crippen molar-refractivity contribution in [1.29, 1.82) is 0 Å². The molecule has 1 aromatic carbocycles. The lowest BCUT2D eigenvalue weighted by Gasteiger charge is -2.24. The minimum Gasteiger partial charge on any atom is -0.490 e. The standard InChI is InChI=1S/C21H30FN3O3S/c1-15(17-8-9-18(22)19(12-17)28-14-16-6-7-16)24(2)29-11-5-3-4-10-25-13-20(26)23-21(25)27/h8-9,12,15-16H,3-7,10-11,13-14H2,1-2H3,(H,23,26,27). The van der Waals surface area contributed by atoms with Crippen LogP contribution in [0.4, 0.5) is 9.18 Å². The minimum absolute atomic E-state index is 0.142. The predicted molar refractivity (Wildman–Crippen MR) is 112 cm³/mol. The molecule has 2 aliphatic rings. The van der Waals surface area contributed by atoms with Crippen molar-refractivity contribution in [2.75, 3.05) is 32.5 Å². The molecule has 1 aromatic rings. The van der Waals surface area contributed by atoms with Gasteiger partial charge < -0.3 is 9.64 Å². The molecule has 160 valence electrons. The van der Waals surface area contributed by atoms with Gasteiger partial charge in [-0.15, -0.1) is 0 Å². The Morgan fingerprint density at radius 2 is 2.10 bits per heavy atom. The number of urea groups is 1. The summed E-state index contributed by atoms with van der Waals surface area (Å²) in [4.78, 5) is 24.2. The van der Waals surface area contributed by atoms with Crippen LogP contribution in [0, 0.1) is 11.7 Å². The van der Waals surface area contributed by atoms with Crippen LogP contribution in [0.15, 0.2) is 18.2 Å². The molecule has 3 amide bonds. The van der Waals surface area contributed by atoms with Gasteiger partial charge in [0, 0.05) is 18.3 Å². The van der Waals surface area contributed by atoms with Gasteiger partial charge in [0.1, 0.15) is 6.54 Å². The molecule has 3 rings (SSSR count). The number of hydrogen-bond donors (Lipinski definition) is 1. The lowest BCUT2D eigenvalue weighted by molar-refractivity contribution is -0.118. The maximum Gasteiger partial charge on any atom is 0.324 e. The molecule has 0 aromatic heterocycles. The molecule has 1 saturated heterocycles. The summed E-state index contributed by atoms with van der Waals surface area (Å²) >= 11 is 1.75. The molecule has 0 radical (unpaired) electrons. The van der Waals surface area contributed by atoms with E-state index in [0.717, 1.165) is 30.6 Å². The van der Waals surface area contributed by atoms with Crippen molar-refractivity contribution >= 4 is 23.9 Å². The highest BCUT2D eigenvalue weighted by atomic mass is 32.2. The molecule has 1 aliphatic heterocycles. The van der Waals surface area contributed by atoms with Gasteiger partial charge in [-0.2, -0.15) is 0 Å². The second-order valence-electron chi connectivity index (χ2n) is 7.84. The summed E-state index contributed by atoms with van der Waals surface area (Å²) in [7, 11) is 2.05. The van der Waals surface area contributed by atoms with Crippen molar-refractivity contribution in [3.05, 3.63) is 29.6 Å². The SMILES string of the molecule is CC(c1ccc(F)c(OCC2CC2)c1)N(C)SCCCCCN1CC(=O)NC1=O. The molecule has 0 bridgehead atoms. The zero-order valence-corrected chi connectivity index (χ0v) is 18.0. The molecule has 1 heterocycles. The van der Waals surface area contributed by atoms with Crippen molar-refractivity contribution in [2.24, 2.45) is 5.92 Å². The van der Waals surface area contributed by atoms with Gasteiger partial charge in [-0.1, -0.05) is 24.4 Å². The van der Waals surface area contributed by atoms with Crippen LogP contribution in [0.2, 0.25) is 0 Å². The number of amides is 3. The molecule has 2 fully saturated rings. The third-order valence-electron chi connectivity index (χ3n) is 5.39. The molecular weight excluding hydrogens is 393 g/mol. The van der Waals surface area contributed by atoms with Crippen LogP contribution >= 0.6 is 11.9 Å². The normalized spacial score (nSPS) is 17.7. The van der Waals surface area contributed by atoms with E-state index in [0.29, 0.717) is 24.8 Å². The van der Waals surface area contributed by atoms with E-state index in [9.17, 15) is 14.0 Å². The van der Waals surface area contributed by atoms with Gasteiger partial charge >= 0.3 is 6.03 Å². The molecule has 29 heavy (non-hydrogen) atoms. The fourth-order valence-corrected chi connectivity index (χ4v) is 4.12. The first-order chi connectivity index (χ1) is 13.9. The van der Waals surface area contributed by atoms with Crippen LogP contribution in [0.25, 0.3) is 0 Å². The predicted octanol–water partition coefficient (Wildman–Crippen LogP) is 3.98. The summed E-state index contributed by atoms with van der Waals surface area (Å²) in [6.07, 6.45) is 5.29. The fourth-order valence-electron chi connectivity index (χ4n) is 3.16. The molecular formula is C21H30FN3O3S. The Labute approximate surface area is 176 Å². The maximum atomic E-state index is 14.0. The summed E-state index contributed by atoms with van der Waals surface area (Å²) < 4.78 is 21.8. The molecule has 1 aliphatic carbocycles. The highest BCUT2D eigenvalue weighted by molar-refractivity contribution is 7.96. The monoisotopic (exact) mass is 423 g/mol. The summed E-state index contributed by atoms with van der Waals surface area (Å²) in [5, 5.41) is 2.29. The quantitative estimate of drug-likeness (QED) is 0.313. The Kier molecular flexibility index (Phi) is 7.77. The first kappa shape index (κ1) is 21.9. The lowest BCUT2D eigenvalue weighted by Crippen LogP contribution is -2.29. The Morgan fingerprint density at radius 3 is 2.79 bits per heavy atom. The van der Waals surface area contributed by atoms with Crippen LogP contribution < -0.4 is 10.1 Å². The number of hydrogen-bond acceptors (Lipinski definition) is 5. The van der Waals surface area contributed by atoms with E-state index in [1.54, 1.807) is 16.8 Å². The molecule has 0 spiro atoms. The maximum absolute atomic E-state index is 14.0. The third kappa shape index (κ3) is 6.60. The van der Waals surface area contributed by atoms with Crippen LogP contribution in [0.5, 0.6) is 5.75 Å². The highest BCUT2D eigenvalue weighted by Gasteiger charge is 2.25. The summed E-state index contributed by atoms with van der Waals surface area (Å²) in [5.41, 5.74) is 1.04. The zero-order chi connectivity index (χ0) is 20.8. The van der Waals surface area contributed by atoms with E-state index in [2.05, 4.69) is 16.5 Å². The number of unbranched alkanes of at least 4 members (excludes halogenated alkanes) is 2. The van der Waals surface area contributed by atoms with E-state index in [4.69, 9.17) is 4.74 Å². The molecule has 1 unspecified atom stereocenters. The van der Waals surface area contributed by atoms with Crippen LogP contribution in [-0.2, 0) is 4.79 Å². The second-order valence-corrected chi connectivity index (χ2v) is 9.08. The van der Waals surface area contributed by atoms with Gasteiger partial charge in [0.25, 0.3) is 0 Å². The average molecular weight is 424 g/mol. The first-order valence-electron chi connectivity index (χ1n) is 10.3. The van der Waals surface area contributed by atoms with Crippen LogP contribution in [0.3, 0.4) is 0 Å². The number of nitrogens with one attached hydrogen (secondary N) is 1. The van der Waals surface area contributed by atoms with Crippen molar-refractivity contribution in [3.63, 3.8) is 0 Å². The number of benzene rings is 1. The van der Waals surface area contributed by atoms with Crippen LogP contribution in [-0.4, -0.2) is 53.6 Å². The molecule has 6 nitrogen and oxygen atoms in total. The van der Waals surface area contributed by atoms with E-state index in [1.807, 2.05) is 19.2 Å². The average Bonchev–Trinajstić information content (AvgIpc) is 3.47. The van der Waals surface area contributed by atoms with E-state index >= 15 is 0 Å². The summed E-state index contributed by atoms with van der Waals surface area (Å²) in [5.74, 6) is 1.39. The minimum atomic E-state index is -0.301. The van der Waals surface area contributed by atoms with Gasteiger partial charge in [0.2, 0.25) is 5.91 Å². The topological polar surface area (TPSA) is 61.9 Å². The second kappa shape index (κ2) is 10.3. The van der Waals surface area contributed by atoms with Crippen molar-refractivity contribution in [1.82, 2.24) is 14.5 Å². The molecule has 1 N–H and O–H groups in total. The van der Waals surface area contributed by atoms with Gasteiger partial charge in [0.05, 0.1) is 6.61 Å². The lowest BCUT2D eigenvalue weighted by atomic mass is 10.1. The van der Waals surface area contributed by atoms with E-state index < -0.39 is 0 Å². The van der Waals surface area contributed by atoms with Gasteiger partial charge in [-0.25, -0.2) is 13.5 Å². The fraction of sp³-hybridized carbons (Fsp3) is 0.619. The smallest absolute Gasteiger partial charge is 0.324 e. The first-order valence-corrected chi connectivity index (χ1v) is 11.2. The van der Waals surface area contributed by atoms with Crippen molar-refractivity contribution in [3.8, 4) is 5.75 Å². The van der Waals surface area contributed by atoms with E-state index in [-0.39, 0.29) is 30.3 Å². The zero-order valence-electron chi connectivity index (χ0n) is 17.2. The Bertz CT molecular complexity index is 729. The molecule has 1 atom stereocenters. The Morgan fingerprint density at radius 1 is 1.31 bits per heavy atom. The molecule has 8 heteroatoms. The molecule has 1 saturated carbocycles. The number of rotatable bonds is 12. The van der Waals surface area contributed by atoms with Gasteiger partial charge in [-0.3, -0.25) is 10.1 Å². The largest absolute Gasteiger partial charge is 0.490 e. The number of imide groups is 1. The number of ether oxygens (including phenoxy) is 1. The van der Waals surface area contributed by atoms with Gasteiger partial charge in [0.15, 0.2) is 11.6 Å². The summed E-state index contributed by atoms with van der Waals surface area (Å²) in [6, 6.07) is 5.00. The third-order valence-corrected chi connectivity index (χ3v) is 6.58. The van der Waals surface area contributed by atoms with E-state index in [1.165, 1.54) is 18.9 Å². The van der Waals surface area contributed by atoms with Crippen molar-refractivity contribution < 1.29 is 18.7 Å². The summed E-state index contributed by atoms with van der Waals surface area (Å²) in [6.45, 7) is 3.51. The number of carbonyl (C=O) groups excluding carboxylic acids is 2.